The Morgan fingerprint density at radius 1 is 1.53 bits per heavy atom. The molecule has 0 spiro atoms. The van der Waals surface area contributed by atoms with Gasteiger partial charge in [0.2, 0.25) is 5.76 Å². The maximum atomic E-state index is 10.9. The van der Waals surface area contributed by atoms with Crippen LogP contribution in [0, 0.1) is 0 Å². The van der Waals surface area contributed by atoms with E-state index in [9.17, 15) is 4.79 Å². The van der Waals surface area contributed by atoms with Crippen LogP contribution in [0.25, 0.3) is 0 Å². The van der Waals surface area contributed by atoms with Crippen molar-refractivity contribution in [1.82, 2.24) is 0 Å². The van der Waals surface area contributed by atoms with Gasteiger partial charge in [0.15, 0.2) is 0 Å². The average molecular weight is 251 g/mol. The molecule has 2 aromatic rings. The highest BCUT2D eigenvalue weighted by Crippen LogP contribution is 2.45. The summed E-state index contributed by atoms with van der Waals surface area (Å²) in [5, 5.41) is 12.1. The fourth-order valence-electron chi connectivity index (χ4n) is 1.78. The predicted octanol–water partition coefficient (Wildman–Crippen LogP) is 2.83. The Morgan fingerprint density at radius 2 is 2.41 bits per heavy atom. The molecule has 0 radical (unpaired) electrons. The summed E-state index contributed by atoms with van der Waals surface area (Å²) in [6.07, 6.45) is 3.09. The minimum absolute atomic E-state index is 0.0367. The zero-order valence-electron chi connectivity index (χ0n) is 8.67. The monoisotopic (exact) mass is 251 g/mol. The minimum Gasteiger partial charge on any atom is -0.475 e. The number of carboxylic acids is 1. The Balaban J connectivity index is 1.89. The number of furan rings is 2. The molecule has 0 aliphatic carbocycles. The van der Waals surface area contributed by atoms with Crippen molar-refractivity contribution >= 4 is 23.4 Å². The Labute approximate surface area is 101 Å². The molecular formula is C11H9NO4S. The first-order valence-electron chi connectivity index (χ1n) is 5.04. The molecule has 1 unspecified atom stereocenters. The number of anilines is 1. The highest BCUT2D eigenvalue weighted by atomic mass is 32.2. The third kappa shape index (κ3) is 1.70. The summed E-state index contributed by atoms with van der Waals surface area (Å²) in [6, 6.07) is 3.74. The van der Waals surface area contributed by atoms with Crippen molar-refractivity contribution < 1.29 is 18.7 Å². The Kier molecular flexibility index (Phi) is 2.36. The van der Waals surface area contributed by atoms with E-state index in [1.165, 1.54) is 18.0 Å². The first-order valence-corrected chi connectivity index (χ1v) is 5.92. The van der Waals surface area contributed by atoms with Gasteiger partial charge < -0.3 is 19.3 Å². The fraction of sp³-hybridized carbons (Fsp3) is 0.182. The molecule has 5 nitrogen and oxygen atoms in total. The van der Waals surface area contributed by atoms with Gasteiger partial charge in [-0.2, -0.15) is 0 Å². The molecule has 17 heavy (non-hydrogen) atoms. The van der Waals surface area contributed by atoms with E-state index in [0.717, 1.165) is 10.7 Å². The Bertz CT molecular complexity index is 546. The highest BCUT2D eigenvalue weighted by molar-refractivity contribution is 7.99. The summed E-state index contributed by atoms with van der Waals surface area (Å²) in [5.74, 6) is -0.229. The fourth-order valence-corrected chi connectivity index (χ4v) is 2.89. The van der Waals surface area contributed by atoms with Gasteiger partial charge in [0, 0.05) is 6.54 Å². The topological polar surface area (TPSA) is 75.6 Å². The van der Waals surface area contributed by atoms with Crippen LogP contribution in [-0.4, -0.2) is 17.6 Å². The summed E-state index contributed by atoms with van der Waals surface area (Å²) in [4.78, 5) is 11.7. The van der Waals surface area contributed by atoms with Gasteiger partial charge in [-0.3, -0.25) is 0 Å². The SMILES string of the molecule is O=C(O)c1occ2c1NCC(c1ccco1)S2. The van der Waals surface area contributed by atoms with Crippen LogP contribution in [0.3, 0.4) is 0 Å². The predicted molar refractivity (Wildman–Crippen MR) is 61.5 cm³/mol. The maximum Gasteiger partial charge on any atom is 0.374 e. The smallest absolute Gasteiger partial charge is 0.374 e. The molecule has 6 heteroatoms. The number of nitrogens with one attached hydrogen (secondary N) is 1. The van der Waals surface area contributed by atoms with Gasteiger partial charge >= 0.3 is 5.97 Å². The van der Waals surface area contributed by atoms with Gasteiger partial charge in [-0.15, -0.1) is 11.8 Å². The summed E-state index contributed by atoms with van der Waals surface area (Å²) in [7, 11) is 0. The second-order valence-electron chi connectivity index (χ2n) is 3.61. The number of thioether (sulfide) groups is 1. The molecule has 0 amide bonds. The third-order valence-electron chi connectivity index (χ3n) is 2.55. The summed E-state index contributed by atoms with van der Waals surface area (Å²) in [6.45, 7) is 0.616. The van der Waals surface area contributed by atoms with Crippen LogP contribution in [-0.2, 0) is 0 Å². The van der Waals surface area contributed by atoms with Crippen LogP contribution in [0.15, 0.2) is 38.4 Å². The molecule has 1 aliphatic rings. The summed E-state index contributed by atoms with van der Waals surface area (Å²) in [5.41, 5.74) is 0.560. The van der Waals surface area contributed by atoms with Crippen LogP contribution < -0.4 is 5.32 Å². The van der Waals surface area contributed by atoms with Gasteiger partial charge in [0.1, 0.15) is 17.7 Å². The molecule has 88 valence electrons. The van der Waals surface area contributed by atoms with Crippen LogP contribution >= 0.6 is 11.8 Å². The third-order valence-corrected chi connectivity index (χ3v) is 3.78. The Morgan fingerprint density at radius 3 is 3.12 bits per heavy atom. The Hall–Kier alpha value is -1.82. The lowest BCUT2D eigenvalue weighted by Gasteiger charge is -2.21. The van der Waals surface area contributed by atoms with Crippen LogP contribution in [0.5, 0.6) is 0 Å². The first kappa shape index (κ1) is 10.3. The van der Waals surface area contributed by atoms with Gasteiger partial charge in [-0.05, 0) is 12.1 Å². The molecule has 3 heterocycles. The molecular weight excluding hydrogens is 242 g/mol. The number of hydrogen-bond donors (Lipinski definition) is 2. The van der Waals surface area contributed by atoms with Crippen molar-refractivity contribution in [2.75, 3.05) is 11.9 Å². The van der Waals surface area contributed by atoms with E-state index in [1.54, 1.807) is 6.26 Å². The molecule has 0 fully saturated rings. The number of aromatic carboxylic acids is 1. The average Bonchev–Trinajstić information content (AvgIpc) is 2.97. The molecule has 0 bridgehead atoms. The van der Waals surface area contributed by atoms with Crippen molar-refractivity contribution in [3.8, 4) is 0 Å². The molecule has 0 aromatic carbocycles. The van der Waals surface area contributed by atoms with E-state index in [2.05, 4.69) is 5.32 Å². The number of hydrogen-bond acceptors (Lipinski definition) is 5. The standard InChI is InChI=1S/C11H9NO4S/c13-11(14)10-9-8(5-16-10)17-7(4-12-9)6-2-1-3-15-6/h1-3,5,7,12H,4H2,(H,13,14). The van der Waals surface area contributed by atoms with Crippen molar-refractivity contribution in [3.05, 3.63) is 36.2 Å². The van der Waals surface area contributed by atoms with E-state index in [4.69, 9.17) is 13.9 Å². The second kappa shape index (κ2) is 3.89. The molecule has 1 atom stereocenters. The largest absolute Gasteiger partial charge is 0.475 e. The van der Waals surface area contributed by atoms with Crippen LogP contribution in [0.4, 0.5) is 5.69 Å². The van der Waals surface area contributed by atoms with E-state index in [1.807, 2.05) is 12.1 Å². The van der Waals surface area contributed by atoms with Crippen molar-refractivity contribution in [3.63, 3.8) is 0 Å². The quantitative estimate of drug-likeness (QED) is 0.854. The van der Waals surface area contributed by atoms with Crippen molar-refractivity contribution in [2.24, 2.45) is 0 Å². The molecule has 0 saturated carbocycles. The lowest BCUT2D eigenvalue weighted by Crippen LogP contribution is -2.15. The zero-order valence-corrected chi connectivity index (χ0v) is 9.49. The van der Waals surface area contributed by atoms with Crippen LogP contribution in [0.2, 0.25) is 0 Å². The molecule has 0 saturated heterocycles. The molecule has 2 N–H and O–H groups in total. The lowest BCUT2D eigenvalue weighted by molar-refractivity contribution is 0.0664. The zero-order chi connectivity index (χ0) is 11.8. The first-order chi connectivity index (χ1) is 8.25. The number of carbonyl (C=O) groups is 1. The number of rotatable bonds is 2. The summed E-state index contributed by atoms with van der Waals surface area (Å²) < 4.78 is 10.4. The van der Waals surface area contributed by atoms with Crippen molar-refractivity contribution in [2.45, 2.75) is 10.1 Å². The van der Waals surface area contributed by atoms with Crippen LogP contribution in [0.1, 0.15) is 21.6 Å². The normalized spacial score (nSPS) is 18.5. The molecule has 2 aromatic heterocycles. The van der Waals surface area contributed by atoms with Gasteiger partial charge in [0.25, 0.3) is 0 Å². The highest BCUT2D eigenvalue weighted by Gasteiger charge is 2.28. The maximum absolute atomic E-state index is 10.9. The molecule has 3 rings (SSSR count). The second-order valence-corrected chi connectivity index (χ2v) is 4.86. The van der Waals surface area contributed by atoms with Crippen molar-refractivity contribution in [1.29, 1.82) is 0 Å². The number of fused-ring (bicyclic) bond motifs is 1. The number of carboxylic acid groups (broad SMARTS) is 1. The van der Waals surface area contributed by atoms with Gasteiger partial charge in [0.05, 0.1) is 16.4 Å². The van der Waals surface area contributed by atoms with E-state index < -0.39 is 5.97 Å². The lowest BCUT2D eigenvalue weighted by atomic mass is 10.3. The summed E-state index contributed by atoms with van der Waals surface area (Å²) >= 11 is 1.54. The van der Waals surface area contributed by atoms with E-state index in [0.29, 0.717) is 12.2 Å². The minimum atomic E-state index is -1.06. The van der Waals surface area contributed by atoms with Gasteiger partial charge in [-0.25, -0.2) is 4.79 Å². The van der Waals surface area contributed by atoms with Gasteiger partial charge in [-0.1, -0.05) is 0 Å². The van der Waals surface area contributed by atoms with E-state index in [-0.39, 0.29) is 11.0 Å². The van der Waals surface area contributed by atoms with E-state index >= 15 is 0 Å². The molecule has 1 aliphatic heterocycles.